The highest BCUT2D eigenvalue weighted by Gasteiger charge is 2.13. The third-order valence-electron chi connectivity index (χ3n) is 2.54. The smallest absolute Gasteiger partial charge is 0.258 e. The Balaban J connectivity index is 2.27. The van der Waals surface area contributed by atoms with Crippen LogP contribution in [0.1, 0.15) is 15.9 Å². The highest BCUT2D eigenvalue weighted by atomic mass is 35.5. The van der Waals surface area contributed by atoms with Crippen molar-refractivity contribution in [3.63, 3.8) is 0 Å². The Hall–Kier alpha value is -2.42. The van der Waals surface area contributed by atoms with E-state index < -0.39 is 11.7 Å². The van der Waals surface area contributed by atoms with Crippen molar-refractivity contribution in [1.29, 1.82) is 0 Å². The maximum absolute atomic E-state index is 13.5. The number of carbonyl (C=O) groups is 1. The van der Waals surface area contributed by atoms with Crippen LogP contribution in [0.4, 0.5) is 10.1 Å². The van der Waals surface area contributed by atoms with Gasteiger partial charge in [0.15, 0.2) is 5.82 Å². The Morgan fingerprint density at radius 3 is 2.95 bits per heavy atom. The van der Waals surface area contributed by atoms with Gasteiger partial charge in [0.25, 0.3) is 5.91 Å². The van der Waals surface area contributed by atoms with Gasteiger partial charge < -0.3 is 10.4 Å². The molecule has 0 fully saturated rings. The van der Waals surface area contributed by atoms with E-state index in [4.69, 9.17) is 16.7 Å². The van der Waals surface area contributed by atoms with E-state index in [-0.39, 0.29) is 12.2 Å². The molecule has 0 atom stereocenters. The van der Waals surface area contributed by atoms with E-state index in [2.05, 4.69) is 22.1 Å². The number of nitrogens with zero attached hydrogens (tertiary/aromatic N) is 1. The molecule has 0 radical (unpaired) electrons. The number of aliphatic hydroxyl groups excluding tert-OH is 1. The number of aromatic nitrogens is 1. The number of nitrogens with one attached hydrogen (secondary N) is 1. The molecule has 0 unspecified atom stereocenters. The van der Waals surface area contributed by atoms with Crippen molar-refractivity contribution < 1.29 is 14.3 Å². The molecule has 21 heavy (non-hydrogen) atoms. The lowest BCUT2D eigenvalue weighted by Crippen LogP contribution is -2.14. The predicted octanol–water partition coefficient (Wildman–Crippen LogP) is 2.47. The van der Waals surface area contributed by atoms with E-state index in [1.807, 2.05) is 0 Å². The Kier molecular flexibility index (Phi) is 4.88. The molecule has 2 N–H and O–H groups in total. The van der Waals surface area contributed by atoms with Crippen LogP contribution in [0.2, 0.25) is 5.02 Å². The number of amides is 1. The Labute approximate surface area is 125 Å². The topological polar surface area (TPSA) is 62.2 Å². The second kappa shape index (κ2) is 6.84. The summed E-state index contributed by atoms with van der Waals surface area (Å²) >= 11 is 5.98. The fraction of sp³-hybridized carbons (Fsp3) is 0.0667. The predicted molar refractivity (Wildman–Crippen MR) is 77.6 cm³/mol. The third kappa shape index (κ3) is 3.78. The van der Waals surface area contributed by atoms with Crippen LogP contribution in [-0.4, -0.2) is 22.6 Å². The molecule has 1 amide bonds. The molecular formula is C15H10ClFN2O2. The average Bonchev–Trinajstić information content (AvgIpc) is 2.48. The molecule has 0 aliphatic carbocycles. The molecule has 0 bridgehead atoms. The van der Waals surface area contributed by atoms with Crippen LogP contribution in [0.3, 0.4) is 0 Å². The minimum atomic E-state index is -0.720. The minimum absolute atomic E-state index is 0.132. The van der Waals surface area contributed by atoms with Gasteiger partial charge in [-0.2, -0.15) is 0 Å². The van der Waals surface area contributed by atoms with Crippen LogP contribution in [-0.2, 0) is 0 Å². The van der Waals surface area contributed by atoms with Gasteiger partial charge >= 0.3 is 0 Å². The zero-order valence-corrected chi connectivity index (χ0v) is 11.5. The molecule has 0 saturated heterocycles. The summed E-state index contributed by atoms with van der Waals surface area (Å²) in [4.78, 5) is 15.6. The highest BCUT2D eigenvalue weighted by molar-refractivity contribution is 6.34. The molecule has 0 saturated carbocycles. The zero-order valence-electron chi connectivity index (χ0n) is 10.7. The number of anilines is 1. The van der Waals surface area contributed by atoms with Crippen LogP contribution >= 0.6 is 11.6 Å². The number of carbonyl (C=O) groups excluding carboxylic acids is 1. The van der Waals surface area contributed by atoms with E-state index in [1.54, 1.807) is 18.2 Å². The van der Waals surface area contributed by atoms with E-state index >= 15 is 0 Å². The van der Waals surface area contributed by atoms with Gasteiger partial charge in [-0.05, 0) is 24.3 Å². The SMILES string of the molecule is O=C(Nc1cc(C#CCO)ccc1Cl)c1ccncc1F. The van der Waals surface area contributed by atoms with Gasteiger partial charge in [-0.15, -0.1) is 0 Å². The lowest BCUT2D eigenvalue weighted by molar-refractivity contribution is 0.102. The standard InChI is InChI=1S/C15H10ClFN2O2/c16-12-4-3-10(2-1-7-20)8-14(12)19-15(21)11-5-6-18-9-13(11)17/h3-6,8-9,20H,7H2,(H,19,21). The molecule has 106 valence electrons. The summed E-state index contributed by atoms with van der Waals surface area (Å²) in [5.41, 5.74) is 0.745. The number of aliphatic hydroxyl groups is 1. The second-order valence-corrected chi connectivity index (χ2v) is 4.37. The number of rotatable bonds is 2. The molecule has 1 heterocycles. The fourth-order valence-electron chi connectivity index (χ4n) is 1.59. The second-order valence-electron chi connectivity index (χ2n) is 3.96. The summed E-state index contributed by atoms with van der Waals surface area (Å²) in [5.74, 6) is 3.82. The summed E-state index contributed by atoms with van der Waals surface area (Å²) in [5, 5.41) is 11.5. The van der Waals surface area contributed by atoms with Crippen molar-refractivity contribution in [2.45, 2.75) is 0 Å². The molecule has 1 aromatic heterocycles. The molecule has 0 spiro atoms. The number of benzene rings is 1. The normalized spacial score (nSPS) is 9.67. The summed E-state index contributed by atoms with van der Waals surface area (Å²) in [6.07, 6.45) is 2.28. The van der Waals surface area contributed by atoms with E-state index in [1.165, 1.54) is 12.3 Å². The quantitative estimate of drug-likeness (QED) is 0.838. The largest absolute Gasteiger partial charge is 0.384 e. The first-order valence-corrected chi connectivity index (χ1v) is 6.29. The Morgan fingerprint density at radius 2 is 2.24 bits per heavy atom. The Bertz CT molecular complexity index is 738. The first-order valence-electron chi connectivity index (χ1n) is 5.92. The van der Waals surface area contributed by atoms with Crippen molar-refractivity contribution in [1.82, 2.24) is 4.98 Å². The summed E-state index contributed by atoms with van der Waals surface area (Å²) in [7, 11) is 0. The van der Waals surface area contributed by atoms with Crippen LogP contribution < -0.4 is 5.32 Å². The van der Waals surface area contributed by atoms with Crippen molar-refractivity contribution in [3.05, 3.63) is 58.6 Å². The van der Waals surface area contributed by atoms with Crippen molar-refractivity contribution in [3.8, 4) is 11.8 Å². The molecule has 6 heteroatoms. The number of hydrogen-bond acceptors (Lipinski definition) is 3. The molecule has 0 aliphatic heterocycles. The van der Waals surface area contributed by atoms with Gasteiger partial charge in [0.2, 0.25) is 0 Å². The first-order chi connectivity index (χ1) is 10.1. The monoisotopic (exact) mass is 304 g/mol. The van der Waals surface area contributed by atoms with E-state index in [0.29, 0.717) is 16.3 Å². The lowest BCUT2D eigenvalue weighted by atomic mass is 10.2. The van der Waals surface area contributed by atoms with Gasteiger partial charge in [-0.1, -0.05) is 23.4 Å². The lowest BCUT2D eigenvalue weighted by Gasteiger charge is -2.08. The molecule has 2 aromatic rings. The Morgan fingerprint density at radius 1 is 1.43 bits per heavy atom. The molecule has 2 rings (SSSR count). The van der Waals surface area contributed by atoms with Crippen molar-refractivity contribution in [2.75, 3.05) is 11.9 Å². The van der Waals surface area contributed by atoms with Crippen molar-refractivity contribution in [2.24, 2.45) is 0 Å². The van der Waals surface area contributed by atoms with Crippen LogP contribution in [0.15, 0.2) is 36.7 Å². The number of halogens is 2. The van der Waals surface area contributed by atoms with Crippen LogP contribution in [0, 0.1) is 17.7 Å². The number of pyridine rings is 1. The minimum Gasteiger partial charge on any atom is -0.384 e. The third-order valence-corrected chi connectivity index (χ3v) is 2.87. The highest BCUT2D eigenvalue weighted by Crippen LogP contribution is 2.23. The van der Waals surface area contributed by atoms with Gasteiger partial charge in [0.05, 0.1) is 22.5 Å². The maximum atomic E-state index is 13.5. The fourth-order valence-corrected chi connectivity index (χ4v) is 1.75. The van der Waals surface area contributed by atoms with Gasteiger partial charge in [0.1, 0.15) is 6.61 Å². The first kappa shape index (κ1) is 15.0. The van der Waals surface area contributed by atoms with Crippen LogP contribution in [0.25, 0.3) is 0 Å². The van der Waals surface area contributed by atoms with Gasteiger partial charge in [-0.3, -0.25) is 9.78 Å². The summed E-state index contributed by atoms with van der Waals surface area (Å²) in [6.45, 7) is -0.271. The van der Waals surface area contributed by atoms with Crippen LogP contribution in [0.5, 0.6) is 0 Å². The molecule has 1 aromatic carbocycles. The van der Waals surface area contributed by atoms with E-state index in [0.717, 1.165) is 6.20 Å². The summed E-state index contributed by atoms with van der Waals surface area (Å²) in [6, 6.07) is 6.02. The molecule has 0 aliphatic rings. The van der Waals surface area contributed by atoms with E-state index in [9.17, 15) is 9.18 Å². The zero-order chi connectivity index (χ0) is 15.2. The maximum Gasteiger partial charge on any atom is 0.258 e. The summed E-state index contributed by atoms with van der Waals surface area (Å²) < 4.78 is 13.5. The van der Waals surface area contributed by atoms with Gasteiger partial charge in [-0.25, -0.2) is 4.39 Å². The average molecular weight is 305 g/mol. The number of hydrogen-bond donors (Lipinski definition) is 2. The van der Waals surface area contributed by atoms with Crippen molar-refractivity contribution >= 4 is 23.2 Å². The molecular weight excluding hydrogens is 295 g/mol. The van der Waals surface area contributed by atoms with Gasteiger partial charge in [0, 0.05) is 11.8 Å². The molecule has 4 nitrogen and oxygen atoms in total.